The van der Waals surface area contributed by atoms with E-state index in [0.29, 0.717) is 42.1 Å². The van der Waals surface area contributed by atoms with Gasteiger partial charge in [0.05, 0.1) is 16.2 Å². The van der Waals surface area contributed by atoms with Crippen LogP contribution in [0.3, 0.4) is 0 Å². The highest BCUT2D eigenvalue weighted by Crippen LogP contribution is 2.57. The standard InChI is InChI=1S/C30H36Cl2N2O3S/c1-4-14-29(2)18-25(22-6-5-7-24(32)17-22)27(21-10-12-23(31)13-11-21)34(28(29)35)26(20-8-9-20)19-30(15-16-30)38(36,37)33-3/h4-7,10-13,17,20,25-27,33H,1,8-9,14-16,18-19H2,2-3H3/t25-,26-,27-,29+/m1/s1. The Morgan fingerprint density at radius 2 is 1.79 bits per heavy atom. The lowest BCUT2D eigenvalue weighted by Crippen LogP contribution is -2.57. The number of sulfonamides is 1. The van der Waals surface area contributed by atoms with Crippen LogP contribution in [0, 0.1) is 11.3 Å². The van der Waals surface area contributed by atoms with Crippen LogP contribution in [0.1, 0.15) is 75.0 Å². The fraction of sp³-hybridized carbons (Fsp3) is 0.500. The molecule has 2 saturated carbocycles. The number of allylic oxidation sites excluding steroid dienone is 1. The van der Waals surface area contributed by atoms with E-state index in [4.69, 9.17) is 23.2 Å². The Morgan fingerprint density at radius 1 is 1.11 bits per heavy atom. The smallest absolute Gasteiger partial charge is 0.229 e. The third kappa shape index (κ3) is 5.05. The maximum absolute atomic E-state index is 14.6. The van der Waals surface area contributed by atoms with Gasteiger partial charge in [-0.15, -0.1) is 6.58 Å². The molecule has 8 heteroatoms. The first-order chi connectivity index (χ1) is 18.0. The summed E-state index contributed by atoms with van der Waals surface area (Å²) in [7, 11) is -1.99. The molecular formula is C30H36Cl2N2O3S. The van der Waals surface area contributed by atoms with Gasteiger partial charge < -0.3 is 4.90 Å². The third-order valence-corrected chi connectivity index (χ3v) is 11.7. The van der Waals surface area contributed by atoms with E-state index < -0.39 is 20.2 Å². The number of likely N-dealkylation sites (tertiary alicyclic amines) is 1. The monoisotopic (exact) mass is 574 g/mol. The summed E-state index contributed by atoms with van der Waals surface area (Å²) in [5, 5.41) is 1.29. The molecule has 5 rings (SSSR count). The number of hydrogen-bond donors (Lipinski definition) is 1. The van der Waals surface area contributed by atoms with Gasteiger partial charge in [-0.1, -0.05) is 60.5 Å². The molecule has 0 bridgehead atoms. The van der Waals surface area contributed by atoms with E-state index in [1.807, 2.05) is 55.5 Å². The first-order valence-corrected chi connectivity index (χ1v) is 15.7. The van der Waals surface area contributed by atoms with Gasteiger partial charge in [-0.05, 0) is 93.3 Å². The molecular weight excluding hydrogens is 539 g/mol. The van der Waals surface area contributed by atoms with Crippen LogP contribution in [0.15, 0.2) is 61.2 Å². The zero-order chi connectivity index (χ0) is 27.3. The van der Waals surface area contributed by atoms with Crippen molar-refractivity contribution in [2.24, 2.45) is 11.3 Å². The van der Waals surface area contributed by atoms with E-state index in [1.54, 1.807) is 0 Å². The zero-order valence-electron chi connectivity index (χ0n) is 22.0. The summed E-state index contributed by atoms with van der Waals surface area (Å²) in [4.78, 5) is 16.7. The van der Waals surface area contributed by atoms with E-state index in [1.165, 1.54) is 7.05 Å². The summed E-state index contributed by atoms with van der Waals surface area (Å²) in [6, 6.07) is 15.2. The molecule has 2 aromatic rings. The quantitative estimate of drug-likeness (QED) is 0.314. The molecule has 1 heterocycles. The van der Waals surface area contributed by atoms with Crippen LogP contribution in [0.4, 0.5) is 0 Å². The molecule has 4 atom stereocenters. The fourth-order valence-electron chi connectivity index (χ4n) is 6.55. The molecule has 3 fully saturated rings. The predicted molar refractivity (Wildman–Crippen MR) is 154 cm³/mol. The lowest BCUT2D eigenvalue weighted by molar-refractivity contribution is -0.155. The van der Waals surface area contributed by atoms with Gasteiger partial charge in [-0.25, -0.2) is 13.1 Å². The highest BCUT2D eigenvalue weighted by atomic mass is 35.5. The Kier molecular flexibility index (Phi) is 7.49. The Bertz CT molecular complexity index is 1320. The van der Waals surface area contributed by atoms with Crippen molar-refractivity contribution in [2.45, 2.75) is 74.6 Å². The number of amides is 1. The molecule has 38 heavy (non-hydrogen) atoms. The maximum atomic E-state index is 14.6. The largest absolute Gasteiger partial charge is 0.331 e. The minimum atomic E-state index is -3.48. The topological polar surface area (TPSA) is 66.5 Å². The fourth-order valence-corrected chi connectivity index (χ4v) is 8.33. The van der Waals surface area contributed by atoms with Crippen molar-refractivity contribution >= 4 is 39.1 Å². The molecule has 0 aromatic heterocycles. The number of carbonyl (C=O) groups excluding carboxylic acids is 1. The number of nitrogens with zero attached hydrogens (tertiary/aromatic N) is 1. The van der Waals surface area contributed by atoms with E-state index in [-0.39, 0.29) is 29.8 Å². The van der Waals surface area contributed by atoms with Crippen LogP contribution < -0.4 is 4.72 Å². The second-order valence-electron chi connectivity index (χ2n) is 11.6. The summed E-state index contributed by atoms with van der Waals surface area (Å²) >= 11 is 12.8. The third-order valence-electron chi connectivity index (χ3n) is 8.94. The number of hydrogen-bond acceptors (Lipinski definition) is 3. The summed E-state index contributed by atoms with van der Waals surface area (Å²) in [5.74, 6) is 0.324. The van der Waals surface area contributed by atoms with Crippen molar-refractivity contribution in [1.29, 1.82) is 0 Å². The first kappa shape index (κ1) is 27.7. The molecule has 1 aliphatic heterocycles. The van der Waals surface area contributed by atoms with Gasteiger partial charge in [0.25, 0.3) is 0 Å². The van der Waals surface area contributed by atoms with Crippen molar-refractivity contribution in [3.63, 3.8) is 0 Å². The van der Waals surface area contributed by atoms with E-state index in [2.05, 4.69) is 22.3 Å². The normalized spacial score (nSPS) is 27.7. The van der Waals surface area contributed by atoms with Crippen LogP contribution in [0.25, 0.3) is 0 Å². The first-order valence-electron chi connectivity index (χ1n) is 13.4. The Labute approximate surface area is 236 Å². The molecule has 1 N–H and O–H groups in total. The molecule has 5 nitrogen and oxygen atoms in total. The minimum Gasteiger partial charge on any atom is -0.331 e. The summed E-state index contributed by atoms with van der Waals surface area (Å²) < 4.78 is 28.0. The second-order valence-corrected chi connectivity index (χ2v) is 14.8. The van der Waals surface area contributed by atoms with Gasteiger partial charge in [0, 0.05) is 22.0 Å². The van der Waals surface area contributed by atoms with Crippen molar-refractivity contribution in [1.82, 2.24) is 9.62 Å². The van der Waals surface area contributed by atoms with Gasteiger partial charge in [0.2, 0.25) is 15.9 Å². The second kappa shape index (κ2) is 10.3. The molecule has 3 aliphatic rings. The Hall–Kier alpha value is -1.86. The van der Waals surface area contributed by atoms with E-state index >= 15 is 0 Å². The van der Waals surface area contributed by atoms with Crippen LogP contribution in [-0.2, 0) is 14.8 Å². The Balaban J connectivity index is 1.67. The van der Waals surface area contributed by atoms with E-state index in [9.17, 15) is 13.2 Å². The number of benzene rings is 2. The molecule has 0 spiro atoms. The van der Waals surface area contributed by atoms with Crippen molar-refractivity contribution < 1.29 is 13.2 Å². The molecule has 1 saturated heterocycles. The van der Waals surface area contributed by atoms with Crippen LogP contribution >= 0.6 is 23.2 Å². The van der Waals surface area contributed by atoms with Gasteiger partial charge >= 0.3 is 0 Å². The maximum Gasteiger partial charge on any atom is 0.229 e. The van der Waals surface area contributed by atoms with Gasteiger partial charge in [0.1, 0.15) is 0 Å². The van der Waals surface area contributed by atoms with E-state index in [0.717, 1.165) is 24.0 Å². The summed E-state index contributed by atoms with van der Waals surface area (Å²) in [6.07, 6.45) is 6.69. The van der Waals surface area contributed by atoms with Gasteiger partial charge in [0.15, 0.2) is 0 Å². The summed E-state index contributed by atoms with van der Waals surface area (Å²) in [6.45, 7) is 6.00. The molecule has 2 aromatic carbocycles. The number of piperidine rings is 1. The lowest BCUT2D eigenvalue weighted by Gasteiger charge is -2.52. The highest BCUT2D eigenvalue weighted by molar-refractivity contribution is 7.91. The van der Waals surface area contributed by atoms with Gasteiger partial charge in [-0.2, -0.15) is 0 Å². The van der Waals surface area contributed by atoms with Crippen LogP contribution in [-0.4, -0.2) is 37.1 Å². The minimum absolute atomic E-state index is 0.0326. The van der Waals surface area contributed by atoms with Crippen LogP contribution in [0.2, 0.25) is 10.0 Å². The average molecular weight is 576 g/mol. The number of carbonyl (C=O) groups is 1. The number of halogens is 2. The molecule has 0 radical (unpaired) electrons. The van der Waals surface area contributed by atoms with Crippen molar-refractivity contribution in [2.75, 3.05) is 7.05 Å². The van der Waals surface area contributed by atoms with Crippen molar-refractivity contribution in [3.05, 3.63) is 82.4 Å². The zero-order valence-corrected chi connectivity index (χ0v) is 24.3. The average Bonchev–Trinajstić information content (AvgIpc) is 3.80. The lowest BCUT2D eigenvalue weighted by atomic mass is 9.66. The number of nitrogens with one attached hydrogen (secondary N) is 1. The SMILES string of the molecule is C=CC[C@@]1(C)C[C@H](c2cccc(Cl)c2)[C@@H](c2ccc(Cl)cc2)N([C@H](CC2(S(=O)(=O)NC)CC2)C2CC2)C1=O. The van der Waals surface area contributed by atoms with Crippen LogP contribution in [0.5, 0.6) is 0 Å². The van der Waals surface area contributed by atoms with Gasteiger partial charge in [-0.3, -0.25) is 4.79 Å². The number of rotatable bonds is 10. The molecule has 0 unspecified atom stereocenters. The van der Waals surface area contributed by atoms with Crippen molar-refractivity contribution in [3.8, 4) is 0 Å². The highest BCUT2D eigenvalue weighted by Gasteiger charge is 2.60. The Morgan fingerprint density at radius 3 is 2.34 bits per heavy atom. The molecule has 2 aliphatic carbocycles. The predicted octanol–water partition coefficient (Wildman–Crippen LogP) is 6.88. The summed E-state index contributed by atoms with van der Waals surface area (Å²) in [5.41, 5.74) is 1.41. The molecule has 1 amide bonds. The molecule has 204 valence electrons.